The van der Waals surface area contributed by atoms with Gasteiger partial charge in [-0.3, -0.25) is 4.79 Å². The van der Waals surface area contributed by atoms with Crippen molar-refractivity contribution in [2.45, 2.75) is 72.3 Å². The van der Waals surface area contributed by atoms with Gasteiger partial charge in [0.05, 0.1) is 5.92 Å². The van der Waals surface area contributed by atoms with Crippen LogP contribution in [0.4, 0.5) is 0 Å². The molecule has 16 heavy (non-hydrogen) atoms. The molecular formula is C14H26O2. The Morgan fingerprint density at radius 3 is 2.19 bits per heavy atom. The predicted octanol–water partition coefficient (Wildman–Crippen LogP) is 3.93. The summed E-state index contributed by atoms with van der Waals surface area (Å²) < 4.78 is 5.88. The highest BCUT2D eigenvalue weighted by atomic mass is 16.6. The van der Waals surface area contributed by atoms with Crippen LogP contribution in [0.1, 0.15) is 66.7 Å². The fourth-order valence-corrected chi connectivity index (χ4v) is 2.41. The summed E-state index contributed by atoms with van der Waals surface area (Å²) >= 11 is 0. The van der Waals surface area contributed by atoms with Crippen molar-refractivity contribution in [2.75, 3.05) is 0 Å². The smallest absolute Gasteiger partial charge is 0.309 e. The highest BCUT2D eigenvalue weighted by Crippen LogP contribution is 2.46. The Kier molecular flexibility index (Phi) is 4.03. The zero-order chi connectivity index (χ0) is 12.4. The number of carbonyl (C=O) groups excluding carboxylic acids is 1. The molecule has 0 saturated heterocycles. The second kappa shape index (κ2) is 4.77. The average molecular weight is 226 g/mol. The Morgan fingerprint density at radius 2 is 1.81 bits per heavy atom. The molecule has 1 saturated carbocycles. The van der Waals surface area contributed by atoms with Crippen LogP contribution in [-0.2, 0) is 9.53 Å². The van der Waals surface area contributed by atoms with Crippen LogP contribution in [-0.4, -0.2) is 11.6 Å². The van der Waals surface area contributed by atoms with Crippen molar-refractivity contribution in [1.82, 2.24) is 0 Å². The number of hydrogen-bond donors (Lipinski definition) is 0. The fourth-order valence-electron chi connectivity index (χ4n) is 2.41. The van der Waals surface area contributed by atoms with Gasteiger partial charge in [0.1, 0.15) is 5.60 Å². The summed E-state index contributed by atoms with van der Waals surface area (Å²) in [6.07, 6.45) is 5.28. The topological polar surface area (TPSA) is 26.3 Å². The van der Waals surface area contributed by atoms with Crippen LogP contribution >= 0.6 is 0 Å². The summed E-state index contributed by atoms with van der Waals surface area (Å²) in [5.41, 5.74) is -0.167. The van der Waals surface area contributed by atoms with E-state index in [1.165, 1.54) is 12.8 Å². The van der Waals surface area contributed by atoms with Crippen LogP contribution in [0.25, 0.3) is 0 Å². The molecule has 1 aliphatic carbocycles. The standard InChI is InChI=1S/C14H26O2/c1-6-11(2)12(15)16-14(13(3,4)5)9-7-8-10-14/h11H,6-10H2,1-5H3. The second-order valence-corrected chi connectivity index (χ2v) is 6.18. The quantitative estimate of drug-likeness (QED) is 0.681. The van der Waals surface area contributed by atoms with Crippen molar-refractivity contribution < 1.29 is 9.53 Å². The first kappa shape index (κ1) is 13.5. The Labute approximate surface area is 99.8 Å². The Bertz CT molecular complexity index is 244. The zero-order valence-electron chi connectivity index (χ0n) is 11.4. The number of hydrogen-bond acceptors (Lipinski definition) is 2. The summed E-state index contributed by atoms with van der Waals surface area (Å²) in [6.45, 7) is 10.5. The minimum Gasteiger partial charge on any atom is -0.458 e. The maximum absolute atomic E-state index is 12.0. The summed E-state index contributed by atoms with van der Waals surface area (Å²) in [7, 11) is 0. The van der Waals surface area contributed by atoms with Crippen LogP contribution in [0.15, 0.2) is 0 Å². The molecule has 0 radical (unpaired) electrons. The zero-order valence-corrected chi connectivity index (χ0v) is 11.4. The molecule has 1 aliphatic rings. The van der Waals surface area contributed by atoms with E-state index >= 15 is 0 Å². The van der Waals surface area contributed by atoms with Crippen molar-refractivity contribution in [3.8, 4) is 0 Å². The number of esters is 1. The van der Waals surface area contributed by atoms with Crippen molar-refractivity contribution in [1.29, 1.82) is 0 Å². The molecule has 0 amide bonds. The van der Waals surface area contributed by atoms with Gasteiger partial charge in [0.2, 0.25) is 0 Å². The minimum atomic E-state index is -0.215. The summed E-state index contributed by atoms with van der Waals surface area (Å²) in [6, 6.07) is 0. The van der Waals surface area contributed by atoms with Gasteiger partial charge < -0.3 is 4.74 Å². The lowest BCUT2D eigenvalue weighted by Crippen LogP contribution is -2.45. The van der Waals surface area contributed by atoms with Gasteiger partial charge in [0.15, 0.2) is 0 Å². The van der Waals surface area contributed by atoms with Crippen LogP contribution in [0.5, 0.6) is 0 Å². The highest BCUT2D eigenvalue weighted by molar-refractivity contribution is 5.72. The van der Waals surface area contributed by atoms with Crippen LogP contribution in [0.2, 0.25) is 0 Å². The maximum Gasteiger partial charge on any atom is 0.309 e. The van der Waals surface area contributed by atoms with Crippen molar-refractivity contribution in [3.05, 3.63) is 0 Å². The Morgan fingerprint density at radius 1 is 1.31 bits per heavy atom. The molecule has 0 heterocycles. The van der Waals surface area contributed by atoms with Crippen LogP contribution < -0.4 is 0 Å². The fraction of sp³-hybridized carbons (Fsp3) is 0.929. The maximum atomic E-state index is 12.0. The molecule has 0 aromatic carbocycles. The van der Waals surface area contributed by atoms with Gasteiger partial charge in [-0.2, -0.15) is 0 Å². The molecule has 0 aliphatic heterocycles. The molecule has 0 aromatic rings. The van der Waals surface area contributed by atoms with Crippen molar-refractivity contribution >= 4 is 5.97 Å². The Balaban J connectivity index is 2.77. The van der Waals surface area contributed by atoms with Gasteiger partial charge in [0, 0.05) is 5.41 Å². The molecule has 0 spiro atoms. The average Bonchev–Trinajstić information content (AvgIpc) is 2.65. The summed E-state index contributed by atoms with van der Waals surface area (Å²) in [4.78, 5) is 12.0. The predicted molar refractivity (Wildman–Crippen MR) is 66.2 cm³/mol. The van der Waals surface area contributed by atoms with Crippen LogP contribution in [0, 0.1) is 11.3 Å². The van der Waals surface area contributed by atoms with E-state index in [9.17, 15) is 4.79 Å². The monoisotopic (exact) mass is 226 g/mol. The van der Waals surface area contributed by atoms with E-state index in [1.807, 2.05) is 13.8 Å². The molecule has 2 nitrogen and oxygen atoms in total. The van der Waals surface area contributed by atoms with E-state index in [0.29, 0.717) is 0 Å². The number of ether oxygens (including phenoxy) is 1. The van der Waals surface area contributed by atoms with E-state index in [4.69, 9.17) is 4.74 Å². The molecule has 2 heteroatoms. The lowest BCUT2D eigenvalue weighted by molar-refractivity contribution is -0.177. The first-order valence-electron chi connectivity index (χ1n) is 6.55. The Hall–Kier alpha value is -0.530. The van der Waals surface area contributed by atoms with Crippen molar-refractivity contribution in [2.24, 2.45) is 11.3 Å². The minimum absolute atomic E-state index is 0.0145. The number of rotatable bonds is 3. The van der Waals surface area contributed by atoms with E-state index in [-0.39, 0.29) is 22.9 Å². The molecule has 0 N–H and O–H groups in total. The molecule has 0 bridgehead atoms. The van der Waals surface area contributed by atoms with E-state index in [2.05, 4.69) is 20.8 Å². The third-order valence-corrected chi connectivity index (χ3v) is 4.09. The molecule has 94 valence electrons. The van der Waals surface area contributed by atoms with E-state index < -0.39 is 0 Å². The first-order chi connectivity index (χ1) is 7.32. The molecular weight excluding hydrogens is 200 g/mol. The van der Waals surface area contributed by atoms with Gasteiger partial charge in [-0.05, 0) is 32.1 Å². The molecule has 1 unspecified atom stereocenters. The van der Waals surface area contributed by atoms with Gasteiger partial charge >= 0.3 is 5.97 Å². The van der Waals surface area contributed by atoms with Crippen LogP contribution in [0.3, 0.4) is 0 Å². The summed E-state index contributed by atoms with van der Waals surface area (Å²) in [5, 5.41) is 0. The van der Waals surface area contributed by atoms with Crippen molar-refractivity contribution in [3.63, 3.8) is 0 Å². The molecule has 1 fully saturated rings. The second-order valence-electron chi connectivity index (χ2n) is 6.18. The van der Waals surface area contributed by atoms with Gasteiger partial charge in [-0.15, -0.1) is 0 Å². The SMILES string of the molecule is CCC(C)C(=O)OC1(C(C)(C)C)CCCC1. The molecule has 1 rings (SSSR count). The van der Waals surface area contributed by atoms with Gasteiger partial charge in [0.25, 0.3) is 0 Å². The van der Waals surface area contributed by atoms with Gasteiger partial charge in [-0.25, -0.2) is 0 Å². The third kappa shape index (κ3) is 2.58. The highest BCUT2D eigenvalue weighted by Gasteiger charge is 2.47. The lowest BCUT2D eigenvalue weighted by Gasteiger charge is -2.41. The normalized spacial score (nSPS) is 21.8. The summed E-state index contributed by atoms with van der Waals surface area (Å²) in [5.74, 6) is 0.0131. The first-order valence-corrected chi connectivity index (χ1v) is 6.55. The molecule has 0 aromatic heterocycles. The van der Waals surface area contributed by atoms with Gasteiger partial charge in [-0.1, -0.05) is 34.6 Å². The van der Waals surface area contributed by atoms with E-state index in [1.54, 1.807) is 0 Å². The largest absolute Gasteiger partial charge is 0.458 e. The lowest BCUT2D eigenvalue weighted by atomic mass is 9.75. The third-order valence-electron chi connectivity index (χ3n) is 4.09. The van der Waals surface area contributed by atoms with E-state index in [0.717, 1.165) is 19.3 Å². The number of carbonyl (C=O) groups is 1. The molecule has 1 atom stereocenters.